The highest BCUT2D eigenvalue weighted by Crippen LogP contribution is 2.55. The third-order valence-corrected chi connectivity index (χ3v) is 7.88. The fourth-order valence-corrected chi connectivity index (χ4v) is 6.74. The van der Waals surface area contributed by atoms with Crippen LogP contribution in [0.25, 0.3) is 0 Å². The largest absolute Gasteiger partial charge is 0.369 e. The van der Waals surface area contributed by atoms with Gasteiger partial charge in [-0.1, -0.05) is 31.4 Å². The summed E-state index contributed by atoms with van der Waals surface area (Å²) in [5.74, 6) is 2.32. The molecule has 5 rings (SSSR count). The zero-order valence-corrected chi connectivity index (χ0v) is 16.6. The zero-order chi connectivity index (χ0) is 19.1. The molecule has 4 nitrogen and oxygen atoms in total. The molecular weight excluding hydrogens is 353 g/mol. The Morgan fingerprint density at radius 3 is 2.64 bits per heavy atom. The number of fused-ring (bicyclic) bond motifs is 2. The molecule has 1 aliphatic heterocycles. The van der Waals surface area contributed by atoms with Crippen LogP contribution in [0, 0.1) is 23.6 Å². The molecule has 0 radical (unpaired) electrons. The number of benzene rings is 1. The number of piperidine rings is 1. The van der Waals surface area contributed by atoms with Crippen molar-refractivity contribution in [3.8, 4) is 0 Å². The maximum atomic E-state index is 14.0. The number of urea groups is 1. The maximum absolute atomic E-state index is 14.0. The number of carbonyl (C=O) groups is 1. The van der Waals surface area contributed by atoms with Crippen LogP contribution in [-0.4, -0.2) is 30.7 Å². The number of halogens is 1. The lowest BCUT2D eigenvalue weighted by Crippen LogP contribution is -2.56. The van der Waals surface area contributed by atoms with Crippen LogP contribution in [-0.2, 0) is 0 Å². The Bertz CT molecular complexity index is 728. The summed E-state index contributed by atoms with van der Waals surface area (Å²) >= 11 is 0. The van der Waals surface area contributed by atoms with Gasteiger partial charge >= 0.3 is 6.03 Å². The van der Waals surface area contributed by atoms with E-state index in [4.69, 9.17) is 0 Å². The number of hydrogen-bond donors (Lipinski definition) is 2. The number of hydrogen-bond acceptors (Lipinski definition) is 2. The minimum atomic E-state index is -0.163. The first kappa shape index (κ1) is 18.3. The molecule has 2 N–H and O–H groups in total. The van der Waals surface area contributed by atoms with Crippen molar-refractivity contribution >= 4 is 11.7 Å². The van der Waals surface area contributed by atoms with E-state index in [0.29, 0.717) is 5.69 Å². The van der Waals surface area contributed by atoms with Crippen LogP contribution in [0.2, 0.25) is 0 Å². The second-order valence-electron chi connectivity index (χ2n) is 9.76. The van der Waals surface area contributed by atoms with Crippen LogP contribution >= 0.6 is 0 Å². The number of anilines is 1. The van der Waals surface area contributed by atoms with Crippen LogP contribution in [0.5, 0.6) is 0 Å². The van der Waals surface area contributed by atoms with E-state index in [-0.39, 0.29) is 23.4 Å². The first-order valence-electron chi connectivity index (χ1n) is 11.2. The predicted octanol–water partition coefficient (Wildman–Crippen LogP) is 4.45. The fourth-order valence-electron chi connectivity index (χ4n) is 6.74. The van der Waals surface area contributed by atoms with Gasteiger partial charge < -0.3 is 15.5 Å². The minimum absolute atomic E-state index is 0.0185. The van der Waals surface area contributed by atoms with Crippen molar-refractivity contribution in [3.63, 3.8) is 0 Å². The van der Waals surface area contributed by atoms with E-state index in [0.717, 1.165) is 43.7 Å². The first-order chi connectivity index (χ1) is 13.6. The van der Waals surface area contributed by atoms with E-state index in [1.54, 1.807) is 6.07 Å². The summed E-state index contributed by atoms with van der Waals surface area (Å²) in [7, 11) is 0. The molecule has 4 unspecified atom stereocenters. The quantitative estimate of drug-likeness (QED) is 0.807. The first-order valence-corrected chi connectivity index (χ1v) is 11.2. The van der Waals surface area contributed by atoms with Crippen LogP contribution in [0.3, 0.4) is 0 Å². The van der Waals surface area contributed by atoms with E-state index in [9.17, 15) is 9.18 Å². The Morgan fingerprint density at radius 1 is 1.04 bits per heavy atom. The lowest BCUT2D eigenvalue weighted by molar-refractivity contribution is 0.174. The van der Waals surface area contributed by atoms with Gasteiger partial charge in [-0.15, -0.1) is 0 Å². The number of amides is 2. The highest BCUT2D eigenvalue weighted by Gasteiger charge is 2.52. The average Bonchev–Trinajstić information content (AvgIpc) is 2.82. The smallest absolute Gasteiger partial charge is 0.315 e. The van der Waals surface area contributed by atoms with E-state index in [1.807, 2.05) is 12.1 Å². The second kappa shape index (κ2) is 7.23. The van der Waals surface area contributed by atoms with Crippen molar-refractivity contribution < 1.29 is 9.18 Å². The van der Waals surface area contributed by atoms with Crippen molar-refractivity contribution in [2.75, 3.05) is 18.0 Å². The molecule has 28 heavy (non-hydrogen) atoms. The van der Waals surface area contributed by atoms with Gasteiger partial charge in [-0.25, -0.2) is 9.18 Å². The van der Waals surface area contributed by atoms with E-state index < -0.39 is 0 Å². The van der Waals surface area contributed by atoms with Crippen molar-refractivity contribution in [2.45, 2.75) is 69.4 Å². The molecular formula is C23H32FN3O. The molecule has 5 heteroatoms. The molecule has 4 fully saturated rings. The third kappa shape index (κ3) is 3.48. The molecule has 3 saturated carbocycles. The van der Waals surface area contributed by atoms with Crippen molar-refractivity contribution in [3.05, 3.63) is 30.1 Å². The molecule has 3 aliphatic carbocycles. The Labute approximate surface area is 167 Å². The zero-order valence-electron chi connectivity index (χ0n) is 16.6. The van der Waals surface area contributed by atoms with Gasteiger partial charge in [0.25, 0.3) is 0 Å². The molecule has 0 spiro atoms. The van der Waals surface area contributed by atoms with Gasteiger partial charge in [-0.2, -0.15) is 0 Å². The van der Waals surface area contributed by atoms with Crippen LogP contribution in [0.15, 0.2) is 24.3 Å². The monoisotopic (exact) mass is 385 g/mol. The Hall–Kier alpha value is -1.78. The molecule has 0 aromatic heterocycles. The molecule has 3 bridgehead atoms. The predicted molar refractivity (Wildman–Crippen MR) is 109 cm³/mol. The van der Waals surface area contributed by atoms with E-state index in [2.05, 4.69) is 15.5 Å². The molecule has 4 atom stereocenters. The second-order valence-corrected chi connectivity index (χ2v) is 9.76. The van der Waals surface area contributed by atoms with Gasteiger partial charge in [0.1, 0.15) is 5.82 Å². The van der Waals surface area contributed by atoms with Crippen LogP contribution in [0.1, 0.15) is 57.8 Å². The summed E-state index contributed by atoms with van der Waals surface area (Å²) < 4.78 is 14.0. The lowest BCUT2D eigenvalue weighted by Gasteiger charge is -2.39. The number of para-hydroxylation sites is 1. The van der Waals surface area contributed by atoms with Crippen LogP contribution in [0.4, 0.5) is 14.9 Å². The van der Waals surface area contributed by atoms with Gasteiger partial charge in [-0.05, 0) is 68.4 Å². The summed E-state index contributed by atoms with van der Waals surface area (Å²) in [5, 5.41) is 6.65. The average molecular weight is 386 g/mol. The highest BCUT2D eigenvalue weighted by atomic mass is 19.1. The number of carbonyl (C=O) groups excluding carboxylic acids is 1. The van der Waals surface area contributed by atoms with Gasteiger partial charge in [0.15, 0.2) is 0 Å². The van der Waals surface area contributed by atoms with E-state index >= 15 is 0 Å². The molecule has 1 saturated heterocycles. The molecule has 152 valence electrons. The van der Waals surface area contributed by atoms with Gasteiger partial charge in [0.2, 0.25) is 0 Å². The normalized spacial score (nSPS) is 34.9. The summed E-state index contributed by atoms with van der Waals surface area (Å²) in [6.45, 7) is 1.56. The van der Waals surface area contributed by atoms with Gasteiger partial charge in [0, 0.05) is 24.7 Å². The molecule has 1 aromatic carbocycles. The minimum Gasteiger partial charge on any atom is -0.369 e. The van der Waals surface area contributed by atoms with Crippen molar-refractivity contribution in [1.29, 1.82) is 0 Å². The molecule has 2 amide bonds. The fraction of sp³-hybridized carbons (Fsp3) is 0.696. The van der Waals surface area contributed by atoms with Crippen molar-refractivity contribution in [2.24, 2.45) is 17.8 Å². The lowest BCUT2D eigenvalue weighted by atomic mass is 9.75. The standard InChI is InChI=1S/C23H32FN3O/c24-20-6-1-2-7-21(20)27-10-8-19(9-11-27)25-22(28)26-23-13-16-4-3-5-17(14-23)18(12-16)15-23/h1-2,6-7,16-19H,3-5,8-15H2,(H2,25,26,28). The summed E-state index contributed by atoms with van der Waals surface area (Å²) in [6, 6.07) is 7.16. The molecule has 1 aromatic rings. The topological polar surface area (TPSA) is 44.4 Å². The van der Waals surface area contributed by atoms with Crippen molar-refractivity contribution in [1.82, 2.24) is 10.6 Å². The van der Waals surface area contributed by atoms with Gasteiger partial charge in [-0.3, -0.25) is 0 Å². The Kier molecular flexibility index (Phi) is 4.72. The summed E-state index contributed by atoms with van der Waals surface area (Å²) in [6.07, 6.45) is 10.8. The highest BCUT2D eigenvalue weighted by molar-refractivity contribution is 5.75. The number of nitrogens with one attached hydrogen (secondary N) is 2. The number of rotatable bonds is 3. The number of nitrogens with zero attached hydrogens (tertiary/aromatic N) is 1. The van der Waals surface area contributed by atoms with Gasteiger partial charge in [0.05, 0.1) is 5.69 Å². The summed E-state index contributed by atoms with van der Waals surface area (Å²) in [4.78, 5) is 14.9. The molecule has 4 aliphatic rings. The Balaban J connectivity index is 1.15. The maximum Gasteiger partial charge on any atom is 0.315 e. The Morgan fingerprint density at radius 2 is 1.82 bits per heavy atom. The van der Waals surface area contributed by atoms with E-state index in [1.165, 1.54) is 51.0 Å². The van der Waals surface area contributed by atoms with Crippen LogP contribution < -0.4 is 15.5 Å². The third-order valence-electron chi connectivity index (χ3n) is 7.88. The summed E-state index contributed by atoms with van der Waals surface area (Å²) in [5.41, 5.74) is 0.728. The SMILES string of the molecule is O=C(NC1CCN(c2ccccc2F)CC1)NC12CC3CCCC(C1)C(C3)C2. The molecule has 1 heterocycles.